The summed E-state index contributed by atoms with van der Waals surface area (Å²) in [6, 6.07) is 22.0. The van der Waals surface area contributed by atoms with Crippen LogP contribution in [0.5, 0.6) is 0 Å². The Hall–Kier alpha value is -2.96. The molecule has 5 nitrogen and oxygen atoms in total. The third kappa shape index (κ3) is 6.30. The first kappa shape index (κ1) is 24.7. The number of carbonyl (C=O) groups is 1. The number of sulfonamides is 1. The maximum Gasteiger partial charge on any atom is 0.241 e. The molecule has 0 bridgehead atoms. The summed E-state index contributed by atoms with van der Waals surface area (Å²) in [5, 5.41) is 0. The summed E-state index contributed by atoms with van der Waals surface area (Å²) >= 11 is 0. The summed E-state index contributed by atoms with van der Waals surface area (Å²) < 4.78 is 28.9. The predicted octanol–water partition coefficient (Wildman–Crippen LogP) is 5.52. The molecule has 0 aliphatic carbocycles. The second kappa shape index (κ2) is 11.3. The smallest absolute Gasteiger partial charge is 0.241 e. The molecule has 1 N–H and O–H groups in total. The van der Waals surface area contributed by atoms with Gasteiger partial charge < -0.3 is 4.90 Å². The van der Waals surface area contributed by atoms with E-state index in [9.17, 15) is 13.2 Å². The Morgan fingerprint density at radius 3 is 1.97 bits per heavy atom. The number of nitrogens with one attached hydrogen (secondary N) is 1. The largest absolute Gasteiger partial charge is 0.372 e. The number of hydrogen-bond acceptors (Lipinski definition) is 4. The number of nitrogens with zero attached hydrogens (tertiary/aromatic N) is 1. The lowest BCUT2D eigenvalue weighted by Gasteiger charge is -2.25. The fourth-order valence-electron chi connectivity index (χ4n) is 3.77. The fraction of sp³-hybridized carbons (Fsp3) is 0.296. The van der Waals surface area contributed by atoms with Crippen LogP contribution in [0.2, 0.25) is 0 Å². The summed E-state index contributed by atoms with van der Waals surface area (Å²) in [5.74, 6) is -0.294. The standard InChI is InChI=1S/C27H32N2O3S/c1-4-19-29(20-5-2)24-15-13-22(14-16-24)26(27(30)23-9-7-6-8-10-23)28-33(31,32)25-17-11-21(3)12-18-25/h6-18,26,28H,4-5,19-20H2,1-3H3. The molecule has 33 heavy (non-hydrogen) atoms. The highest BCUT2D eigenvalue weighted by Crippen LogP contribution is 2.25. The quantitative estimate of drug-likeness (QED) is 0.379. The topological polar surface area (TPSA) is 66.5 Å². The number of ketones is 1. The fourth-order valence-corrected chi connectivity index (χ4v) is 4.95. The molecule has 0 aromatic heterocycles. The van der Waals surface area contributed by atoms with Gasteiger partial charge in [0.25, 0.3) is 0 Å². The van der Waals surface area contributed by atoms with Crippen LogP contribution in [-0.4, -0.2) is 27.3 Å². The highest BCUT2D eigenvalue weighted by atomic mass is 32.2. The summed E-state index contributed by atoms with van der Waals surface area (Å²) in [6.07, 6.45) is 2.07. The van der Waals surface area contributed by atoms with E-state index >= 15 is 0 Å². The van der Waals surface area contributed by atoms with Crippen LogP contribution in [0.15, 0.2) is 83.8 Å². The number of hydrogen-bond donors (Lipinski definition) is 1. The summed E-state index contributed by atoms with van der Waals surface area (Å²) in [6.45, 7) is 8.07. The lowest BCUT2D eigenvalue weighted by atomic mass is 9.98. The molecular formula is C27H32N2O3S. The predicted molar refractivity (Wildman–Crippen MR) is 134 cm³/mol. The molecule has 0 fully saturated rings. The van der Waals surface area contributed by atoms with Gasteiger partial charge in [-0.1, -0.05) is 74.0 Å². The van der Waals surface area contributed by atoms with Crippen molar-refractivity contribution in [3.05, 3.63) is 95.6 Å². The van der Waals surface area contributed by atoms with Gasteiger partial charge in [0.05, 0.1) is 4.90 Å². The van der Waals surface area contributed by atoms with Crippen LogP contribution in [0.25, 0.3) is 0 Å². The Kier molecular flexibility index (Phi) is 8.42. The molecule has 1 unspecified atom stereocenters. The lowest BCUT2D eigenvalue weighted by molar-refractivity contribution is 0.0953. The molecule has 0 saturated carbocycles. The summed E-state index contributed by atoms with van der Waals surface area (Å²) in [5.41, 5.74) is 3.09. The molecule has 3 aromatic rings. The highest BCUT2D eigenvalue weighted by molar-refractivity contribution is 7.89. The minimum absolute atomic E-state index is 0.132. The van der Waals surface area contributed by atoms with Crippen LogP contribution in [0.4, 0.5) is 5.69 Å². The third-order valence-electron chi connectivity index (χ3n) is 5.50. The Balaban J connectivity index is 1.97. The number of carbonyl (C=O) groups excluding carboxylic acids is 1. The molecule has 0 radical (unpaired) electrons. The summed E-state index contributed by atoms with van der Waals surface area (Å²) in [7, 11) is -3.90. The Morgan fingerprint density at radius 1 is 0.848 bits per heavy atom. The maximum absolute atomic E-state index is 13.4. The number of rotatable bonds is 11. The van der Waals surface area contributed by atoms with E-state index in [-0.39, 0.29) is 10.7 Å². The van der Waals surface area contributed by atoms with Crippen LogP contribution in [-0.2, 0) is 10.0 Å². The van der Waals surface area contributed by atoms with Crippen LogP contribution in [0.1, 0.15) is 54.2 Å². The van der Waals surface area contributed by atoms with Gasteiger partial charge in [0.2, 0.25) is 10.0 Å². The van der Waals surface area contributed by atoms with E-state index < -0.39 is 16.1 Å². The van der Waals surface area contributed by atoms with Crippen LogP contribution in [0, 0.1) is 6.92 Å². The SMILES string of the molecule is CCCN(CCC)c1ccc(C(NS(=O)(=O)c2ccc(C)cc2)C(=O)c2ccccc2)cc1. The van der Waals surface area contributed by atoms with E-state index in [4.69, 9.17) is 0 Å². The van der Waals surface area contributed by atoms with Crippen molar-refractivity contribution in [2.75, 3.05) is 18.0 Å². The minimum atomic E-state index is -3.90. The van der Waals surface area contributed by atoms with E-state index in [2.05, 4.69) is 23.5 Å². The van der Waals surface area contributed by atoms with Crippen molar-refractivity contribution in [3.8, 4) is 0 Å². The molecule has 0 saturated heterocycles. The van der Waals surface area contributed by atoms with Crippen molar-refractivity contribution in [1.82, 2.24) is 4.72 Å². The first-order valence-electron chi connectivity index (χ1n) is 11.4. The molecule has 174 valence electrons. The van der Waals surface area contributed by atoms with Gasteiger partial charge >= 0.3 is 0 Å². The molecular weight excluding hydrogens is 432 g/mol. The molecule has 0 amide bonds. The molecule has 0 aliphatic rings. The van der Waals surface area contributed by atoms with Gasteiger partial charge in [-0.3, -0.25) is 4.79 Å². The van der Waals surface area contributed by atoms with Gasteiger partial charge in [-0.15, -0.1) is 0 Å². The van der Waals surface area contributed by atoms with E-state index in [1.165, 1.54) is 0 Å². The number of Topliss-reactive ketones (excluding diaryl/α,β-unsaturated/α-hetero) is 1. The zero-order valence-electron chi connectivity index (χ0n) is 19.5. The maximum atomic E-state index is 13.4. The lowest BCUT2D eigenvalue weighted by Crippen LogP contribution is -2.34. The zero-order valence-corrected chi connectivity index (χ0v) is 20.3. The highest BCUT2D eigenvalue weighted by Gasteiger charge is 2.28. The Bertz CT molecular complexity index is 1140. The second-order valence-electron chi connectivity index (χ2n) is 8.18. The molecule has 3 rings (SSSR count). The third-order valence-corrected chi connectivity index (χ3v) is 6.94. The Morgan fingerprint density at radius 2 is 1.42 bits per heavy atom. The molecule has 1 atom stereocenters. The zero-order chi connectivity index (χ0) is 23.8. The van der Waals surface area contributed by atoms with Crippen molar-refractivity contribution >= 4 is 21.5 Å². The van der Waals surface area contributed by atoms with Gasteiger partial charge in [-0.25, -0.2) is 8.42 Å². The van der Waals surface area contributed by atoms with Crippen molar-refractivity contribution in [2.45, 2.75) is 44.6 Å². The van der Waals surface area contributed by atoms with Crippen LogP contribution < -0.4 is 9.62 Å². The number of benzene rings is 3. The van der Waals surface area contributed by atoms with Gasteiger partial charge in [0.15, 0.2) is 5.78 Å². The first-order valence-corrected chi connectivity index (χ1v) is 12.9. The average molecular weight is 465 g/mol. The van der Waals surface area contributed by atoms with Crippen LogP contribution in [0.3, 0.4) is 0 Å². The molecule has 0 aliphatic heterocycles. The van der Waals surface area contributed by atoms with Gasteiger partial charge in [0, 0.05) is 24.3 Å². The molecule has 3 aromatic carbocycles. The Labute approximate surface area is 197 Å². The van der Waals surface area contributed by atoms with E-state index in [0.29, 0.717) is 11.1 Å². The molecule has 0 heterocycles. The monoisotopic (exact) mass is 464 g/mol. The van der Waals surface area contributed by atoms with Crippen LogP contribution >= 0.6 is 0 Å². The van der Waals surface area contributed by atoms with Crippen molar-refractivity contribution in [3.63, 3.8) is 0 Å². The van der Waals surface area contributed by atoms with E-state index in [1.54, 1.807) is 48.5 Å². The molecule has 0 spiro atoms. The van der Waals surface area contributed by atoms with E-state index in [0.717, 1.165) is 37.2 Å². The summed E-state index contributed by atoms with van der Waals surface area (Å²) in [4.78, 5) is 15.8. The van der Waals surface area contributed by atoms with Gasteiger partial charge in [0.1, 0.15) is 6.04 Å². The number of aryl methyl sites for hydroxylation is 1. The van der Waals surface area contributed by atoms with E-state index in [1.807, 2.05) is 37.3 Å². The van der Waals surface area contributed by atoms with Crippen molar-refractivity contribution in [2.24, 2.45) is 0 Å². The van der Waals surface area contributed by atoms with Crippen molar-refractivity contribution < 1.29 is 13.2 Å². The number of anilines is 1. The first-order chi connectivity index (χ1) is 15.9. The van der Waals surface area contributed by atoms with Gasteiger partial charge in [-0.05, 0) is 49.6 Å². The molecule has 6 heteroatoms. The second-order valence-corrected chi connectivity index (χ2v) is 9.89. The normalized spacial score (nSPS) is 12.3. The van der Waals surface area contributed by atoms with Crippen molar-refractivity contribution in [1.29, 1.82) is 0 Å². The van der Waals surface area contributed by atoms with Gasteiger partial charge in [-0.2, -0.15) is 4.72 Å². The average Bonchev–Trinajstić information content (AvgIpc) is 2.83. The minimum Gasteiger partial charge on any atom is -0.372 e.